The molecule has 38 heavy (non-hydrogen) atoms. The van der Waals surface area contributed by atoms with Gasteiger partial charge in [-0.3, -0.25) is 0 Å². The molecule has 0 unspecified atom stereocenters. The van der Waals surface area contributed by atoms with Crippen LogP contribution in [0.5, 0.6) is 0 Å². The maximum Gasteiger partial charge on any atom is 0.416 e. The number of aromatic amines is 1. The number of sulfonamides is 1. The monoisotopic (exact) mass is 546 g/mol. The highest BCUT2D eigenvalue weighted by atomic mass is 32.2. The number of H-pyrrole nitrogens is 1. The zero-order valence-electron chi connectivity index (χ0n) is 21.4. The molecule has 1 aliphatic carbocycles. The van der Waals surface area contributed by atoms with Crippen molar-refractivity contribution < 1.29 is 21.6 Å². The van der Waals surface area contributed by atoms with Crippen LogP contribution in [0.2, 0.25) is 0 Å². The van der Waals surface area contributed by atoms with Gasteiger partial charge in [0.2, 0.25) is 10.0 Å². The number of hydrogen-bond acceptors (Lipinski definition) is 4. The molecule has 2 aliphatic rings. The molecule has 2 heterocycles. The van der Waals surface area contributed by atoms with Gasteiger partial charge in [-0.2, -0.15) is 17.5 Å². The molecule has 2 atom stereocenters. The van der Waals surface area contributed by atoms with Crippen molar-refractivity contribution in [1.82, 2.24) is 14.3 Å². The first-order valence-electron chi connectivity index (χ1n) is 13.2. The minimum absolute atomic E-state index is 0.0825. The fraction of sp³-hybridized carbons (Fsp3) is 0.464. The molecule has 1 aliphatic heterocycles. The van der Waals surface area contributed by atoms with Crippen LogP contribution in [0.1, 0.15) is 68.3 Å². The van der Waals surface area contributed by atoms with Gasteiger partial charge in [-0.1, -0.05) is 43.9 Å². The highest BCUT2D eigenvalue weighted by Gasteiger charge is 2.38. The molecule has 5 rings (SSSR count). The Hall–Kier alpha value is -2.85. The van der Waals surface area contributed by atoms with Crippen molar-refractivity contribution in [3.8, 4) is 0 Å². The Balaban J connectivity index is 1.52. The number of rotatable bonds is 7. The molecule has 0 radical (unpaired) electrons. The second kappa shape index (κ2) is 10.7. The van der Waals surface area contributed by atoms with Gasteiger partial charge in [0.1, 0.15) is 0 Å². The number of para-hydroxylation sites is 1. The van der Waals surface area contributed by atoms with E-state index in [9.17, 15) is 21.6 Å². The summed E-state index contributed by atoms with van der Waals surface area (Å²) in [5.74, 6) is 0.637. The minimum atomic E-state index is -4.53. The van der Waals surface area contributed by atoms with E-state index < -0.39 is 21.8 Å². The van der Waals surface area contributed by atoms with Crippen LogP contribution in [0.3, 0.4) is 0 Å². The molecule has 3 aromatic rings. The number of benzene rings is 2. The molecule has 6 nitrogen and oxygen atoms in total. The molecule has 2 aromatic carbocycles. The van der Waals surface area contributed by atoms with Crippen LogP contribution in [0.4, 0.5) is 18.9 Å². The van der Waals surface area contributed by atoms with Crippen molar-refractivity contribution in [3.05, 3.63) is 77.9 Å². The van der Waals surface area contributed by atoms with Gasteiger partial charge in [-0.05, 0) is 61.6 Å². The van der Waals surface area contributed by atoms with Crippen molar-refractivity contribution in [2.24, 2.45) is 5.92 Å². The molecule has 1 saturated carbocycles. The number of halogens is 3. The number of fused-ring (bicyclic) bond motifs is 1. The first-order chi connectivity index (χ1) is 18.1. The molecule has 10 heteroatoms. The summed E-state index contributed by atoms with van der Waals surface area (Å²) in [4.78, 5) is 9.59. The second-order valence-corrected chi connectivity index (χ2v) is 12.4. The van der Waals surface area contributed by atoms with Gasteiger partial charge < -0.3 is 9.88 Å². The number of anilines is 1. The van der Waals surface area contributed by atoms with Gasteiger partial charge in [0, 0.05) is 24.8 Å². The van der Waals surface area contributed by atoms with E-state index in [1.54, 1.807) is 12.5 Å². The van der Waals surface area contributed by atoms with Crippen LogP contribution in [-0.4, -0.2) is 35.3 Å². The summed E-state index contributed by atoms with van der Waals surface area (Å²) in [6.07, 6.45) is 5.61. The van der Waals surface area contributed by atoms with Crippen LogP contribution < -0.4 is 4.90 Å². The Kier molecular flexibility index (Phi) is 7.55. The lowest BCUT2D eigenvalue weighted by atomic mass is 9.96. The summed E-state index contributed by atoms with van der Waals surface area (Å²) < 4.78 is 68.5. The molecular weight excluding hydrogens is 513 g/mol. The van der Waals surface area contributed by atoms with Crippen molar-refractivity contribution in [2.75, 3.05) is 11.4 Å². The predicted octanol–water partition coefficient (Wildman–Crippen LogP) is 6.54. The molecule has 0 saturated heterocycles. The number of alkyl halides is 3. The summed E-state index contributed by atoms with van der Waals surface area (Å²) in [7, 11) is -4.04. The molecule has 0 amide bonds. The maximum atomic E-state index is 13.8. The normalized spacial score (nSPS) is 20.3. The third-order valence-corrected chi connectivity index (χ3v) is 9.84. The smallest absolute Gasteiger partial charge is 0.359 e. The van der Waals surface area contributed by atoms with E-state index in [2.05, 4.69) is 21.8 Å². The van der Waals surface area contributed by atoms with Crippen LogP contribution in [0.25, 0.3) is 0 Å². The van der Waals surface area contributed by atoms with Gasteiger partial charge in [0.15, 0.2) is 0 Å². The second-order valence-electron chi connectivity index (χ2n) is 10.4. The average molecular weight is 547 g/mol. The van der Waals surface area contributed by atoms with Crippen LogP contribution in [0, 0.1) is 5.92 Å². The highest BCUT2D eigenvalue weighted by molar-refractivity contribution is 7.89. The Morgan fingerprint density at radius 1 is 1.05 bits per heavy atom. The SMILES string of the molecule is C[C@@H](c1cnc[nH]1)N1c2ccccc2CN(S(=O)(=O)c2ccc(C(F)(F)F)cc2)C[C@@H]1CCC1CCCC1. The van der Waals surface area contributed by atoms with Crippen molar-refractivity contribution >= 4 is 15.7 Å². The van der Waals surface area contributed by atoms with E-state index in [1.165, 1.54) is 30.0 Å². The van der Waals surface area contributed by atoms with E-state index in [1.807, 2.05) is 24.3 Å². The van der Waals surface area contributed by atoms with Gasteiger partial charge >= 0.3 is 6.18 Å². The third-order valence-electron chi connectivity index (χ3n) is 8.01. The summed E-state index contributed by atoms with van der Waals surface area (Å²) in [5.41, 5.74) is 1.89. The minimum Gasteiger partial charge on any atom is -0.359 e. The lowest BCUT2D eigenvalue weighted by Gasteiger charge is -2.38. The van der Waals surface area contributed by atoms with Crippen molar-refractivity contribution in [2.45, 2.75) is 75.1 Å². The van der Waals surface area contributed by atoms with E-state index in [0.29, 0.717) is 5.92 Å². The molecule has 204 valence electrons. The number of hydrogen-bond donors (Lipinski definition) is 1. The molecule has 1 aromatic heterocycles. The van der Waals surface area contributed by atoms with E-state index in [4.69, 9.17) is 0 Å². The van der Waals surface area contributed by atoms with Crippen LogP contribution in [-0.2, 0) is 22.7 Å². The first kappa shape index (κ1) is 26.7. The third kappa shape index (κ3) is 5.47. The van der Waals surface area contributed by atoms with E-state index >= 15 is 0 Å². The highest BCUT2D eigenvalue weighted by Crippen LogP contribution is 2.39. The number of nitrogens with one attached hydrogen (secondary N) is 1. The largest absolute Gasteiger partial charge is 0.416 e. The quantitative estimate of drug-likeness (QED) is 0.365. The van der Waals surface area contributed by atoms with E-state index in [0.717, 1.165) is 54.1 Å². The lowest BCUT2D eigenvalue weighted by molar-refractivity contribution is -0.137. The number of imidazole rings is 1. The fourth-order valence-electron chi connectivity index (χ4n) is 5.95. The Bertz CT molecular complexity index is 1320. The molecule has 1 fully saturated rings. The molecule has 1 N–H and O–H groups in total. The van der Waals surface area contributed by atoms with E-state index in [-0.39, 0.29) is 30.1 Å². The Labute approximate surface area is 221 Å². The lowest BCUT2D eigenvalue weighted by Crippen LogP contribution is -2.45. The maximum absolute atomic E-state index is 13.8. The summed E-state index contributed by atoms with van der Waals surface area (Å²) >= 11 is 0. The average Bonchev–Trinajstić information content (AvgIpc) is 3.59. The zero-order chi connectivity index (χ0) is 26.9. The molecule has 0 bridgehead atoms. The zero-order valence-corrected chi connectivity index (χ0v) is 22.2. The predicted molar refractivity (Wildman–Crippen MR) is 140 cm³/mol. The first-order valence-corrected chi connectivity index (χ1v) is 14.6. The Morgan fingerprint density at radius 3 is 2.42 bits per heavy atom. The topological polar surface area (TPSA) is 69.3 Å². The Morgan fingerprint density at radius 2 is 1.76 bits per heavy atom. The number of nitrogens with zero attached hydrogens (tertiary/aromatic N) is 3. The van der Waals surface area contributed by atoms with Gasteiger partial charge in [0.05, 0.1) is 34.7 Å². The van der Waals surface area contributed by atoms with Crippen LogP contribution >= 0.6 is 0 Å². The fourth-order valence-corrected chi connectivity index (χ4v) is 7.40. The van der Waals surface area contributed by atoms with Gasteiger partial charge in [0.25, 0.3) is 0 Å². The van der Waals surface area contributed by atoms with Crippen LogP contribution in [0.15, 0.2) is 66.0 Å². The summed E-state index contributed by atoms with van der Waals surface area (Å²) in [5, 5.41) is 0. The van der Waals surface area contributed by atoms with Gasteiger partial charge in [-0.25, -0.2) is 13.4 Å². The summed E-state index contributed by atoms with van der Waals surface area (Å²) in [6.45, 7) is 2.47. The summed E-state index contributed by atoms with van der Waals surface area (Å²) in [6, 6.07) is 11.4. The van der Waals surface area contributed by atoms with Crippen molar-refractivity contribution in [1.29, 1.82) is 0 Å². The number of aromatic nitrogens is 2. The molecule has 0 spiro atoms. The van der Waals surface area contributed by atoms with Crippen molar-refractivity contribution in [3.63, 3.8) is 0 Å². The molecular formula is C28H33F3N4O2S. The standard InChI is InChI=1S/C28H33F3N4O2S/c1-20(26-16-32-19-33-26)35-24(13-10-21-6-2-3-7-21)18-34(17-22-8-4-5-9-27(22)35)38(36,37)25-14-11-23(12-15-25)28(29,30)31/h4-5,8-9,11-12,14-16,19-21,24H,2-3,6-7,10,13,17-18H2,1H3,(H,32,33)/t20-,24-/m0/s1. The van der Waals surface area contributed by atoms with Gasteiger partial charge in [-0.15, -0.1) is 0 Å².